The number of hydrogen-bond donors (Lipinski definition) is 2. The van der Waals surface area contributed by atoms with Gasteiger partial charge in [-0.25, -0.2) is 4.98 Å². The highest BCUT2D eigenvalue weighted by atomic mass is 16.3. The zero-order valence-corrected chi connectivity index (χ0v) is 11.4. The molecule has 0 spiro atoms. The molecule has 0 saturated heterocycles. The van der Waals surface area contributed by atoms with Crippen LogP contribution in [-0.2, 0) is 0 Å². The van der Waals surface area contributed by atoms with Crippen LogP contribution in [0.5, 0.6) is 0 Å². The molecule has 1 amide bonds. The number of fused-ring (bicyclic) bond motifs is 1. The van der Waals surface area contributed by atoms with Crippen LogP contribution in [0.3, 0.4) is 0 Å². The molecular weight excluding hydrogens is 242 g/mol. The topological polar surface area (TPSA) is 66.6 Å². The number of imidazole rings is 1. The van der Waals surface area contributed by atoms with Crippen molar-refractivity contribution in [2.75, 3.05) is 6.54 Å². The third-order valence-electron chi connectivity index (χ3n) is 3.13. The minimum atomic E-state index is -0.537. The van der Waals surface area contributed by atoms with E-state index in [0.717, 1.165) is 11.2 Å². The maximum absolute atomic E-state index is 12.1. The second-order valence-corrected chi connectivity index (χ2v) is 5.10. The van der Waals surface area contributed by atoms with E-state index in [0.29, 0.717) is 5.69 Å². The van der Waals surface area contributed by atoms with Gasteiger partial charge in [0.05, 0.1) is 12.3 Å². The monoisotopic (exact) mass is 261 g/mol. The summed E-state index contributed by atoms with van der Waals surface area (Å²) in [7, 11) is 0. The quantitative estimate of drug-likeness (QED) is 0.874. The lowest BCUT2D eigenvalue weighted by Crippen LogP contribution is -2.35. The van der Waals surface area contributed by atoms with E-state index in [-0.39, 0.29) is 18.4 Å². The van der Waals surface area contributed by atoms with E-state index in [2.05, 4.69) is 10.3 Å². The number of pyridine rings is 1. The molecule has 1 atom stereocenters. The summed E-state index contributed by atoms with van der Waals surface area (Å²) in [4.78, 5) is 16.3. The predicted molar refractivity (Wildman–Crippen MR) is 73.1 cm³/mol. The fourth-order valence-corrected chi connectivity index (χ4v) is 1.78. The van der Waals surface area contributed by atoms with E-state index in [1.807, 2.05) is 39.1 Å². The second-order valence-electron chi connectivity index (χ2n) is 5.10. The summed E-state index contributed by atoms with van der Waals surface area (Å²) < 4.78 is 1.76. The van der Waals surface area contributed by atoms with Gasteiger partial charge in [-0.2, -0.15) is 0 Å². The Kier molecular flexibility index (Phi) is 3.85. The molecule has 5 nitrogen and oxygen atoms in total. The average molecular weight is 261 g/mol. The Bertz CT molecular complexity index is 589. The first kappa shape index (κ1) is 13.5. The molecule has 0 aliphatic carbocycles. The number of aromatic nitrogens is 2. The van der Waals surface area contributed by atoms with Gasteiger partial charge in [0.1, 0.15) is 11.3 Å². The van der Waals surface area contributed by atoms with Gasteiger partial charge in [-0.15, -0.1) is 0 Å². The van der Waals surface area contributed by atoms with Crippen LogP contribution in [0, 0.1) is 12.8 Å². The van der Waals surface area contributed by atoms with E-state index in [4.69, 9.17) is 0 Å². The standard InChI is InChI=1S/C14H19N3O2/c1-9(2)12(18)7-16-14(19)11-6-15-13-5-4-10(3)8-17(11)13/h4-6,8-9,12,18H,7H2,1-3H3,(H,16,19). The number of aliphatic hydroxyl groups is 1. The van der Waals surface area contributed by atoms with Gasteiger partial charge in [0.2, 0.25) is 0 Å². The minimum Gasteiger partial charge on any atom is -0.391 e. The van der Waals surface area contributed by atoms with Gasteiger partial charge >= 0.3 is 0 Å². The third-order valence-corrected chi connectivity index (χ3v) is 3.13. The first-order valence-electron chi connectivity index (χ1n) is 6.39. The van der Waals surface area contributed by atoms with Crippen molar-refractivity contribution in [2.45, 2.75) is 26.9 Å². The summed E-state index contributed by atoms with van der Waals surface area (Å²) in [6.07, 6.45) is 2.88. The zero-order chi connectivity index (χ0) is 14.0. The van der Waals surface area contributed by atoms with E-state index in [1.54, 1.807) is 10.6 Å². The van der Waals surface area contributed by atoms with Crippen LogP contribution in [0.1, 0.15) is 29.9 Å². The summed E-state index contributed by atoms with van der Waals surface area (Å²) in [5.41, 5.74) is 2.27. The van der Waals surface area contributed by atoms with Crippen LogP contribution in [0.15, 0.2) is 24.5 Å². The largest absolute Gasteiger partial charge is 0.391 e. The van der Waals surface area contributed by atoms with Gasteiger partial charge in [-0.3, -0.25) is 9.20 Å². The Morgan fingerprint density at radius 3 is 2.89 bits per heavy atom. The van der Waals surface area contributed by atoms with Crippen LogP contribution in [0.25, 0.3) is 5.65 Å². The summed E-state index contributed by atoms with van der Waals surface area (Å²) in [6.45, 7) is 6.03. The molecule has 2 aromatic rings. The summed E-state index contributed by atoms with van der Waals surface area (Å²) in [5, 5.41) is 12.4. The van der Waals surface area contributed by atoms with Crippen LogP contribution in [-0.4, -0.2) is 33.0 Å². The third kappa shape index (κ3) is 2.93. The van der Waals surface area contributed by atoms with E-state index in [9.17, 15) is 9.90 Å². The van der Waals surface area contributed by atoms with Gasteiger partial charge in [0, 0.05) is 12.7 Å². The molecule has 0 fully saturated rings. The van der Waals surface area contributed by atoms with Crippen LogP contribution < -0.4 is 5.32 Å². The molecule has 0 aliphatic heterocycles. The number of aryl methyl sites for hydroxylation is 1. The molecule has 2 N–H and O–H groups in total. The zero-order valence-electron chi connectivity index (χ0n) is 11.4. The molecule has 2 heterocycles. The molecule has 5 heteroatoms. The Hall–Kier alpha value is -1.88. The van der Waals surface area contributed by atoms with Crippen LogP contribution in [0.2, 0.25) is 0 Å². The Morgan fingerprint density at radius 2 is 2.21 bits per heavy atom. The first-order chi connectivity index (χ1) is 8.99. The van der Waals surface area contributed by atoms with E-state index < -0.39 is 6.10 Å². The Labute approximate surface area is 112 Å². The Balaban J connectivity index is 2.15. The van der Waals surface area contributed by atoms with Crippen molar-refractivity contribution in [1.82, 2.24) is 14.7 Å². The average Bonchev–Trinajstić information content (AvgIpc) is 2.78. The summed E-state index contributed by atoms with van der Waals surface area (Å²) in [5.74, 6) is -0.109. The minimum absolute atomic E-state index is 0.115. The highest BCUT2D eigenvalue weighted by molar-refractivity contribution is 5.93. The molecule has 1 unspecified atom stereocenters. The molecule has 0 radical (unpaired) electrons. The number of carbonyl (C=O) groups excluding carboxylic acids is 1. The predicted octanol–water partition coefficient (Wildman–Crippen LogP) is 1.39. The molecule has 102 valence electrons. The molecule has 0 aromatic carbocycles. The first-order valence-corrected chi connectivity index (χ1v) is 6.39. The molecule has 19 heavy (non-hydrogen) atoms. The molecule has 2 aromatic heterocycles. The molecule has 0 bridgehead atoms. The number of rotatable bonds is 4. The van der Waals surface area contributed by atoms with E-state index >= 15 is 0 Å². The molecular formula is C14H19N3O2. The van der Waals surface area contributed by atoms with Gasteiger partial charge in [0.15, 0.2) is 0 Å². The van der Waals surface area contributed by atoms with Crippen molar-refractivity contribution >= 4 is 11.6 Å². The van der Waals surface area contributed by atoms with Gasteiger partial charge in [-0.05, 0) is 24.5 Å². The van der Waals surface area contributed by atoms with Crippen LogP contribution in [0.4, 0.5) is 0 Å². The summed E-state index contributed by atoms with van der Waals surface area (Å²) >= 11 is 0. The lowest BCUT2D eigenvalue weighted by molar-refractivity contribution is 0.0866. The van der Waals surface area contributed by atoms with Crippen molar-refractivity contribution in [3.05, 3.63) is 35.8 Å². The van der Waals surface area contributed by atoms with Gasteiger partial charge in [0.25, 0.3) is 5.91 Å². The fourth-order valence-electron chi connectivity index (χ4n) is 1.78. The van der Waals surface area contributed by atoms with Gasteiger partial charge in [-0.1, -0.05) is 19.9 Å². The highest BCUT2D eigenvalue weighted by Crippen LogP contribution is 2.09. The number of carbonyl (C=O) groups is 1. The number of aliphatic hydroxyl groups excluding tert-OH is 1. The van der Waals surface area contributed by atoms with Gasteiger partial charge < -0.3 is 10.4 Å². The maximum Gasteiger partial charge on any atom is 0.270 e. The van der Waals surface area contributed by atoms with Crippen molar-refractivity contribution in [1.29, 1.82) is 0 Å². The molecule has 2 rings (SSSR count). The lowest BCUT2D eigenvalue weighted by atomic mass is 10.1. The number of hydrogen-bond acceptors (Lipinski definition) is 3. The maximum atomic E-state index is 12.1. The fraction of sp³-hybridized carbons (Fsp3) is 0.429. The van der Waals surface area contributed by atoms with Crippen molar-refractivity contribution in [3.8, 4) is 0 Å². The van der Waals surface area contributed by atoms with E-state index in [1.165, 1.54) is 0 Å². The van der Waals surface area contributed by atoms with Crippen LogP contribution >= 0.6 is 0 Å². The number of nitrogens with one attached hydrogen (secondary N) is 1. The Morgan fingerprint density at radius 1 is 1.47 bits per heavy atom. The van der Waals surface area contributed by atoms with Crippen molar-refractivity contribution in [3.63, 3.8) is 0 Å². The summed E-state index contributed by atoms with van der Waals surface area (Å²) in [6, 6.07) is 3.82. The lowest BCUT2D eigenvalue weighted by Gasteiger charge is -2.14. The van der Waals surface area contributed by atoms with Crippen molar-refractivity contribution < 1.29 is 9.90 Å². The van der Waals surface area contributed by atoms with Crippen molar-refractivity contribution in [2.24, 2.45) is 5.92 Å². The number of amides is 1. The normalized spacial score (nSPS) is 12.9. The SMILES string of the molecule is Cc1ccc2ncc(C(=O)NCC(O)C(C)C)n2c1. The molecule has 0 aliphatic rings. The second kappa shape index (κ2) is 5.40. The number of nitrogens with zero attached hydrogens (tertiary/aromatic N) is 2. The smallest absolute Gasteiger partial charge is 0.270 e. The molecule has 0 saturated carbocycles. The highest BCUT2D eigenvalue weighted by Gasteiger charge is 2.15.